The number of aryl methyl sites for hydroxylation is 2. The second-order valence-electron chi connectivity index (χ2n) is 11.1. The quantitative estimate of drug-likeness (QED) is 0.280. The molecule has 2 heterocycles. The van der Waals surface area contributed by atoms with Gasteiger partial charge in [-0.05, 0) is 48.3 Å². The number of ether oxygens (including phenoxy) is 1. The SMILES string of the molecule is CCCN(CCCc1cnc(-c2cc(C(C)C)c(OC)c(C(C)(C)C)c2)s1)C(=O)CCn1ccnc1CO. The number of imidazole rings is 1. The average Bonchev–Trinajstić information content (AvgIpc) is 3.54. The number of aliphatic hydroxyl groups is 1. The first-order chi connectivity index (χ1) is 18.1. The van der Waals surface area contributed by atoms with Gasteiger partial charge in [0.25, 0.3) is 0 Å². The molecule has 0 radical (unpaired) electrons. The summed E-state index contributed by atoms with van der Waals surface area (Å²) < 4.78 is 7.70. The maximum Gasteiger partial charge on any atom is 0.224 e. The molecule has 0 bridgehead atoms. The minimum atomic E-state index is -0.121. The first-order valence-electron chi connectivity index (χ1n) is 13.6. The number of methoxy groups -OCH3 is 1. The molecule has 3 rings (SSSR count). The number of aliphatic hydroxyl groups excluding tert-OH is 1. The third-order valence-electron chi connectivity index (χ3n) is 6.76. The standard InChI is InChI=1S/C30H44N4O3S/c1-8-13-34(27(36)11-15-33-16-12-31-26(33)20-35)14-9-10-23-19-32-29(38-23)22-17-24(21(2)3)28(37-7)25(18-22)30(4,5)6/h12,16-19,21,35H,8-11,13-15,20H2,1-7H3. The van der Waals surface area contributed by atoms with E-state index in [2.05, 4.69) is 58.7 Å². The van der Waals surface area contributed by atoms with Gasteiger partial charge >= 0.3 is 0 Å². The van der Waals surface area contributed by atoms with Crippen LogP contribution in [0, 0.1) is 0 Å². The topological polar surface area (TPSA) is 80.5 Å². The number of aromatic nitrogens is 3. The van der Waals surface area contributed by atoms with Crippen LogP contribution in [0.5, 0.6) is 5.75 Å². The van der Waals surface area contributed by atoms with Crippen molar-refractivity contribution in [2.45, 2.75) is 91.7 Å². The van der Waals surface area contributed by atoms with E-state index in [4.69, 9.17) is 9.72 Å². The monoisotopic (exact) mass is 540 g/mol. The zero-order valence-electron chi connectivity index (χ0n) is 24.1. The summed E-state index contributed by atoms with van der Waals surface area (Å²) >= 11 is 1.74. The van der Waals surface area contributed by atoms with Crippen LogP contribution in [0.1, 0.15) is 88.6 Å². The van der Waals surface area contributed by atoms with Crippen LogP contribution < -0.4 is 4.74 Å². The van der Waals surface area contributed by atoms with E-state index in [1.54, 1.807) is 24.6 Å². The van der Waals surface area contributed by atoms with Gasteiger partial charge in [0.05, 0.1) is 7.11 Å². The summed E-state index contributed by atoms with van der Waals surface area (Å²) in [6.07, 6.45) is 8.56. The van der Waals surface area contributed by atoms with Crippen molar-refractivity contribution in [3.8, 4) is 16.3 Å². The largest absolute Gasteiger partial charge is 0.496 e. The fraction of sp³-hybridized carbons (Fsp3) is 0.567. The fourth-order valence-corrected chi connectivity index (χ4v) is 5.63. The molecule has 0 saturated heterocycles. The first-order valence-corrected chi connectivity index (χ1v) is 14.5. The number of carbonyl (C=O) groups is 1. The molecule has 1 aromatic carbocycles. The third kappa shape index (κ3) is 7.44. The van der Waals surface area contributed by atoms with Crippen LogP contribution in [0.2, 0.25) is 0 Å². The predicted octanol–water partition coefficient (Wildman–Crippen LogP) is 6.19. The molecule has 1 amide bonds. The van der Waals surface area contributed by atoms with Gasteiger partial charge in [-0.1, -0.05) is 41.5 Å². The van der Waals surface area contributed by atoms with Gasteiger partial charge in [-0.15, -0.1) is 11.3 Å². The average molecular weight is 541 g/mol. The molecule has 0 aliphatic heterocycles. The van der Waals surface area contributed by atoms with Crippen LogP contribution in [0.25, 0.3) is 10.6 Å². The lowest BCUT2D eigenvalue weighted by Crippen LogP contribution is -2.33. The first kappa shape index (κ1) is 29.8. The third-order valence-corrected chi connectivity index (χ3v) is 7.87. The van der Waals surface area contributed by atoms with Crippen molar-refractivity contribution in [1.29, 1.82) is 0 Å². The summed E-state index contributed by atoms with van der Waals surface area (Å²) in [6.45, 7) is 15.0. The normalized spacial score (nSPS) is 11.8. The Kier molecular flexibility index (Phi) is 10.5. The zero-order valence-corrected chi connectivity index (χ0v) is 24.9. The Labute approximate surface area is 231 Å². The maximum atomic E-state index is 12.9. The van der Waals surface area contributed by atoms with E-state index in [1.807, 2.05) is 21.9 Å². The van der Waals surface area contributed by atoms with Crippen molar-refractivity contribution >= 4 is 17.2 Å². The van der Waals surface area contributed by atoms with E-state index in [1.165, 1.54) is 16.0 Å². The molecule has 208 valence electrons. The Balaban J connectivity index is 1.66. The van der Waals surface area contributed by atoms with Crippen LogP contribution >= 0.6 is 11.3 Å². The highest BCUT2D eigenvalue weighted by molar-refractivity contribution is 7.15. The van der Waals surface area contributed by atoms with Gasteiger partial charge in [0, 0.05) is 60.6 Å². The minimum Gasteiger partial charge on any atom is -0.496 e. The van der Waals surface area contributed by atoms with E-state index < -0.39 is 0 Å². The number of amides is 1. The lowest BCUT2D eigenvalue weighted by molar-refractivity contribution is -0.131. The molecule has 3 aromatic rings. The van der Waals surface area contributed by atoms with Crippen LogP contribution in [0.15, 0.2) is 30.7 Å². The molecule has 7 nitrogen and oxygen atoms in total. The summed E-state index contributed by atoms with van der Waals surface area (Å²) in [6, 6.07) is 4.46. The molecule has 0 spiro atoms. The molecule has 2 aromatic heterocycles. The van der Waals surface area contributed by atoms with Crippen LogP contribution in [0.4, 0.5) is 0 Å². The molecule has 0 saturated carbocycles. The summed E-state index contributed by atoms with van der Waals surface area (Å²) in [4.78, 5) is 25.0. The molecule has 0 aliphatic carbocycles. The Morgan fingerprint density at radius 1 is 1.21 bits per heavy atom. The molecule has 0 atom stereocenters. The number of nitrogens with zero attached hydrogens (tertiary/aromatic N) is 4. The second kappa shape index (κ2) is 13.4. The second-order valence-corrected chi connectivity index (χ2v) is 12.2. The molecule has 38 heavy (non-hydrogen) atoms. The van der Waals surface area contributed by atoms with Crippen molar-refractivity contribution < 1.29 is 14.6 Å². The summed E-state index contributed by atoms with van der Waals surface area (Å²) in [5.74, 6) is 2.06. The Morgan fingerprint density at radius 3 is 2.61 bits per heavy atom. The van der Waals surface area contributed by atoms with Gasteiger partial charge in [0.2, 0.25) is 5.91 Å². The zero-order chi connectivity index (χ0) is 27.9. The van der Waals surface area contributed by atoms with Crippen molar-refractivity contribution in [2.75, 3.05) is 20.2 Å². The van der Waals surface area contributed by atoms with Gasteiger partial charge < -0.3 is 19.3 Å². The van der Waals surface area contributed by atoms with Gasteiger partial charge in [0.1, 0.15) is 23.2 Å². The molecule has 1 N–H and O–H groups in total. The van der Waals surface area contributed by atoms with Gasteiger partial charge in [-0.25, -0.2) is 9.97 Å². The van der Waals surface area contributed by atoms with E-state index in [0.717, 1.165) is 48.7 Å². The van der Waals surface area contributed by atoms with Crippen molar-refractivity contribution in [3.63, 3.8) is 0 Å². The van der Waals surface area contributed by atoms with E-state index in [0.29, 0.717) is 24.7 Å². The van der Waals surface area contributed by atoms with E-state index in [9.17, 15) is 9.90 Å². The summed E-state index contributed by atoms with van der Waals surface area (Å²) in [5.41, 5.74) is 3.51. The molecule has 0 unspecified atom stereocenters. The predicted molar refractivity (Wildman–Crippen MR) is 155 cm³/mol. The van der Waals surface area contributed by atoms with Crippen molar-refractivity contribution in [2.24, 2.45) is 0 Å². The molecule has 8 heteroatoms. The smallest absolute Gasteiger partial charge is 0.224 e. The summed E-state index contributed by atoms with van der Waals surface area (Å²) in [5, 5.41) is 10.4. The highest BCUT2D eigenvalue weighted by atomic mass is 32.1. The molecule has 0 fully saturated rings. The number of carbonyl (C=O) groups excluding carboxylic acids is 1. The summed E-state index contributed by atoms with van der Waals surface area (Å²) in [7, 11) is 1.76. The van der Waals surface area contributed by atoms with E-state index >= 15 is 0 Å². The van der Waals surface area contributed by atoms with E-state index in [-0.39, 0.29) is 17.9 Å². The lowest BCUT2D eigenvalue weighted by Gasteiger charge is -2.26. The Bertz CT molecular complexity index is 1190. The lowest BCUT2D eigenvalue weighted by atomic mass is 9.82. The molecular formula is C30H44N4O3S. The Morgan fingerprint density at radius 2 is 1.97 bits per heavy atom. The number of hydrogen-bond donors (Lipinski definition) is 1. The van der Waals surface area contributed by atoms with Gasteiger partial charge in [0.15, 0.2) is 0 Å². The van der Waals surface area contributed by atoms with Crippen LogP contribution in [-0.2, 0) is 29.8 Å². The molecular weight excluding hydrogens is 496 g/mol. The highest BCUT2D eigenvalue weighted by Gasteiger charge is 2.24. The minimum absolute atomic E-state index is 0.0438. The maximum absolute atomic E-state index is 12.9. The van der Waals surface area contributed by atoms with Crippen molar-refractivity contribution in [1.82, 2.24) is 19.4 Å². The highest BCUT2D eigenvalue weighted by Crippen LogP contribution is 2.41. The van der Waals surface area contributed by atoms with Crippen LogP contribution in [0.3, 0.4) is 0 Å². The number of thiazole rings is 1. The number of hydrogen-bond acceptors (Lipinski definition) is 6. The number of benzene rings is 1. The Hall–Kier alpha value is -2.71. The fourth-order valence-electron chi connectivity index (χ4n) is 4.69. The van der Waals surface area contributed by atoms with Gasteiger partial charge in [-0.3, -0.25) is 4.79 Å². The molecule has 0 aliphatic rings. The number of rotatable bonds is 13. The van der Waals surface area contributed by atoms with Crippen molar-refractivity contribution in [3.05, 3.63) is 52.6 Å². The van der Waals surface area contributed by atoms with Gasteiger partial charge in [-0.2, -0.15) is 0 Å². The van der Waals surface area contributed by atoms with Crippen LogP contribution in [-0.4, -0.2) is 50.6 Å².